The van der Waals surface area contributed by atoms with E-state index in [1.165, 1.54) is 12.1 Å². The standard InChI is InChI=1S/C15H20O4.Ba/c1-2-3-4-8-11-15(13(16)17,14(18)19)12-9-6-5-7-10-12;/h5-7,9-10H,2-4,8,11H2,1H3,(H,16,17)(H,18,19);/q;+2/p-2. The molecule has 5 heteroatoms. The molecule has 1 rings (SSSR count). The second kappa shape index (κ2) is 9.63. The normalized spacial score (nSPS) is 10.7. The van der Waals surface area contributed by atoms with Gasteiger partial charge in [-0.2, -0.15) is 0 Å². The van der Waals surface area contributed by atoms with Crippen LogP contribution in [-0.2, 0) is 15.0 Å². The molecule has 0 amide bonds. The minimum Gasteiger partial charge on any atom is -0.549 e. The van der Waals surface area contributed by atoms with Crippen molar-refractivity contribution >= 4 is 60.8 Å². The summed E-state index contributed by atoms with van der Waals surface area (Å²) in [6, 6.07) is 7.91. The van der Waals surface area contributed by atoms with Gasteiger partial charge in [0.1, 0.15) is 0 Å². The summed E-state index contributed by atoms with van der Waals surface area (Å²) in [5, 5.41) is 22.8. The van der Waals surface area contributed by atoms with Gasteiger partial charge in [-0.05, 0) is 12.0 Å². The second-order valence-electron chi connectivity index (χ2n) is 4.66. The van der Waals surface area contributed by atoms with Crippen molar-refractivity contribution in [2.24, 2.45) is 0 Å². The molecule has 104 valence electrons. The Morgan fingerprint density at radius 2 is 1.55 bits per heavy atom. The molecule has 0 spiro atoms. The number of benzene rings is 1. The van der Waals surface area contributed by atoms with Gasteiger partial charge in [-0.3, -0.25) is 0 Å². The molecule has 0 bridgehead atoms. The van der Waals surface area contributed by atoms with Crippen LogP contribution >= 0.6 is 0 Å². The van der Waals surface area contributed by atoms with E-state index in [4.69, 9.17) is 0 Å². The molecule has 0 N–H and O–H groups in total. The van der Waals surface area contributed by atoms with Gasteiger partial charge in [-0.1, -0.05) is 62.9 Å². The zero-order valence-electron chi connectivity index (χ0n) is 11.8. The van der Waals surface area contributed by atoms with Crippen molar-refractivity contribution in [1.29, 1.82) is 0 Å². The first-order valence-corrected chi connectivity index (χ1v) is 6.54. The quantitative estimate of drug-likeness (QED) is 0.350. The molecule has 0 aromatic heterocycles. The summed E-state index contributed by atoms with van der Waals surface area (Å²) in [4.78, 5) is 22.8. The first-order valence-electron chi connectivity index (χ1n) is 6.54. The zero-order valence-corrected chi connectivity index (χ0v) is 16.2. The van der Waals surface area contributed by atoms with Crippen molar-refractivity contribution in [2.75, 3.05) is 0 Å². The molecule has 0 aliphatic rings. The van der Waals surface area contributed by atoms with E-state index in [0.717, 1.165) is 19.3 Å². The summed E-state index contributed by atoms with van der Waals surface area (Å²) in [5.74, 6) is -3.20. The van der Waals surface area contributed by atoms with Gasteiger partial charge < -0.3 is 19.8 Å². The van der Waals surface area contributed by atoms with Crippen molar-refractivity contribution in [1.82, 2.24) is 0 Å². The van der Waals surface area contributed by atoms with Crippen LogP contribution in [-0.4, -0.2) is 60.8 Å². The topological polar surface area (TPSA) is 80.3 Å². The van der Waals surface area contributed by atoms with Crippen LogP contribution in [0.3, 0.4) is 0 Å². The molecule has 1 aromatic rings. The van der Waals surface area contributed by atoms with Crippen LogP contribution < -0.4 is 10.2 Å². The van der Waals surface area contributed by atoms with E-state index in [-0.39, 0.29) is 60.9 Å². The number of rotatable bonds is 8. The summed E-state index contributed by atoms with van der Waals surface area (Å²) in [6.07, 6.45) is 3.26. The second-order valence-corrected chi connectivity index (χ2v) is 4.66. The molecule has 0 unspecified atom stereocenters. The molecule has 0 aliphatic carbocycles. The van der Waals surface area contributed by atoms with Gasteiger partial charge in [-0.15, -0.1) is 0 Å². The Morgan fingerprint density at radius 3 is 2.00 bits per heavy atom. The predicted molar refractivity (Wildman–Crippen MR) is 72.6 cm³/mol. The Bertz CT molecular complexity index is 417. The Hall–Kier alpha value is -0.269. The molecule has 4 nitrogen and oxygen atoms in total. The fourth-order valence-electron chi connectivity index (χ4n) is 2.21. The van der Waals surface area contributed by atoms with E-state index in [1.807, 2.05) is 6.92 Å². The molecular weight excluding hydrogens is 381 g/mol. The Balaban J connectivity index is 0.00000361. The van der Waals surface area contributed by atoms with Gasteiger partial charge >= 0.3 is 48.9 Å². The van der Waals surface area contributed by atoms with Crippen LogP contribution in [0.15, 0.2) is 30.3 Å². The van der Waals surface area contributed by atoms with Crippen molar-refractivity contribution in [3.8, 4) is 0 Å². The van der Waals surface area contributed by atoms with Gasteiger partial charge in [0.25, 0.3) is 0 Å². The molecule has 0 heterocycles. The van der Waals surface area contributed by atoms with Gasteiger partial charge in [-0.25, -0.2) is 0 Å². The fraction of sp³-hybridized carbons (Fsp3) is 0.467. The minimum atomic E-state index is -2.05. The van der Waals surface area contributed by atoms with E-state index in [9.17, 15) is 19.8 Å². The minimum absolute atomic E-state index is 0. The van der Waals surface area contributed by atoms with Crippen LogP contribution in [0, 0.1) is 0 Å². The smallest absolute Gasteiger partial charge is 0.549 e. The number of carboxylic acid groups (broad SMARTS) is 2. The van der Waals surface area contributed by atoms with Crippen molar-refractivity contribution in [3.63, 3.8) is 0 Å². The van der Waals surface area contributed by atoms with E-state index >= 15 is 0 Å². The van der Waals surface area contributed by atoms with Crippen LogP contribution in [0.4, 0.5) is 0 Å². The van der Waals surface area contributed by atoms with Crippen LogP contribution in [0.1, 0.15) is 44.6 Å². The predicted octanol–water partition coefficient (Wildman–Crippen LogP) is 0.0138. The number of carbonyl (C=O) groups excluding carboxylic acids is 2. The number of aliphatic carboxylic acids is 2. The van der Waals surface area contributed by atoms with Crippen LogP contribution in [0.5, 0.6) is 0 Å². The van der Waals surface area contributed by atoms with E-state index in [2.05, 4.69) is 0 Å². The van der Waals surface area contributed by atoms with Crippen molar-refractivity contribution < 1.29 is 19.8 Å². The van der Waals surface area contributed by atoms with Gasteiger partial charge in [0.2, 0.25) is 0 Å². The van der Waals surface area contributed by atoms with E-state index < -0.39 is 17.4 Å². The molecule has 20 heavy (non-hydrogen) atoms. The third-order valence-electron chi connectivity index (χ3n) is 3.37. The SMILES string of the molecule is CCCCCCC(C(=O)[O-])(C(=O)[O-])c1ccccc1.[Ba+2]. The van der Waals surface area contributed by atoms with Crippen molar-refractivity contribution in [2.45, 2.75) is 44.4 Å². The summed E-state index contributed by atoms with van der Waals surface area (Å²) in [7, 11) is 0. The molecule has 0 fully saturated rings. The van der Waals surface area contributed by atoms with Crippen molar-refractivity contribution in [3.05, 3.63) is 35.9 Å². The number of carboxylic acids is 2. The number of unbranched alkanes of at least 4 members (excludes halogenated alkanes) is 3. The summed E-state index contributed by atoms with van der Waals surface area (Å²) in [6.45, 7) is 2.03. The Kier molecular flexibility index (Phi) is 9.50. The summed E-state index contributed by atoms with van der Waals surface area (Å²) >= 11 is 0. The monoisotopic (exact) mass is 400 g/mol. The maximum absolute atomic E-state index is 11.4. The van der Waals surface area contributed by atoms with Crippen LogP contribution in [0.25, 0.3) is 0 Å². The molecule has 0 aliphatic heterocycles. The zero-order chi connectivity index (χ0) is 14.3. The average Bonchev–Trinajstić information content (AvgIpc) is 2.39. The van der Waals surface area contributed by atoms with Gasteiger partial charge in [0.05, 0.1) is 17.4 Å². The molecule has 0 saturated heterocycles. The maximum atomic E-state index is 11.4. The molecule has 0 atom stereocenters. The molecule has 0 radical (unpaired) electrons. The number of carbonyl (C=O) groups is 2. The van der Waals surface area contributed by atoms with Gasteiger partial charge in [0, 0.05) is 0 Å². The first kappa shape index (κ1) is 19.7. The largest absolute Gasteiger partial charge is 2.00 e. The molecular formula is C15H18BaO4. The Labute approximate surface area is 159 Å². The van der Waals surface area contributed by atoms with Crippen LogP contribution in [0.2, 0.25) is 0 Å². The first-order chi connectivity index (χ1) is 9.05. The third-order valence-corrected chi connectivity index (χ3v) is 3.37. The molecule has 0 saturated carbocycles. The maximum Gasteiger partial charge on any atom is 2.00 e. The fourth-order valence-corrected chi connectivity index (χ4v) is 2.21. The number of hydrogen-bond donors (Lipinski definition) is 0. The summed E-state index contributed by atoms with van der Waals surface area (Å²) in [5.41, 5.74) is -1.83. The van der Waals surface area contributed by atoms with E-state index in [0.29, 0.717) is 6.42 Å². The summed E-state index contributed by atoms with van der Waals surface area (Å²) < 4.78 is 0. The van der Waals surface area contributed by atoms with Gasteiger partial charge in [0.15, 0.2) is 0 Å². The average molecular weight is 400 g/mol. The molecule has 1 aromatic carbocycles. The number of hydrogen-bond acceptors (Lipinski definition) is 4. The Morgan fingerprint density at radius 1 is 1.00 bits per heavy atom. The third kappa shape index (κ3) is 4.63. The van der Waals surface area contributed by atoms with E-state index in [1.54, 1.807) is 18.2 Å².